The molecular formula is C27H28ClN3O4. The molecular weight excluding hydrogens is 466 g/mol. The quantitative estimate of drug-likeness (QED) is 0.424. The Hall–Kier alpha value is -2.74. The van der Waals surface area contributed by atoms with Crippen LogP contribution in [-0.4, -0.2) is 21.6 Å². The molecule has 182 valence electrons. The molecule has 4 heterocycles. The van der Waals surface area contributed by atoms with Crippen molar-refractivity contribution < 1.29 is 14.3 Å². The van der Waals surface area contributed by atoms with Crippen LogP contribution in [0.15, 0.2) is 16.9 Å². The second-order valence-corrected chi connectivity index (χ2v) is 10.5. The third-order valence-electron chi connectivity index (χ3n) is 7.83. The second kappa shape index (κ2) is 7.63. The van der Waals surface area contributed by atoms with Crippen LogP contribution in [0.3, 0.4) is 0 Å². The van der Waals surface area contributed by atoms with Crippen molar-refractivity contribution in [1.82, 2.24) is 9.55 Å². The maximum atomic E-state index is 13.8. The van der Waals surface area contributed by atoms with Gasteiger partial charge in [0.1, 0.15) is 6.61 Å². The molecule has 0 saturated carbocycles. The highest BCUT2D eigenvalue weighted by Crippen LogP contribution is 2.46. The summed E-state index contributed by atoms with van der Waals surface area (Å²) in [6.07, 6.45) is 1.78. The smallest absolute Gasteiger partial charge is 0.343 e. The topological polar surface area (TPSA) is 96.4 Å². The molecule has 1 aliphatic carbocycles. The van der Waals surface area contributed by atoms with Gasteiger partial charge in [-0.3, -0.25) is 4.79 Å². The van der Waals surface area contributed by atoms with E-state index in [1.165, 1.54) is 5.56 Å². The van der Waals surface area contributed by atoms with Gasteiger partial charge in [-0.25, -0.2) is 9.78 Å². The third-order valence-corrected chi connectivity index (χ3v) is 8.22. The van der Waals surface area contributed by atoms with E-state index in [0.717, 1.165) is 46.1 Å². The minimum absolute atomic E-state index is 0.0619. The lowest BCUT2D eigenvalue weighted by molar-refractivity contribution is -0.187. The van der Waals surface area contributed by atoms with Crippen molar-refractivity contribution in [2.45, 2.75) is 77.9 Å². The number of aromatic nitrogens is 2. The van der Waals surface area contributed by atoms with Gasteiger partial charge in [0.05, 0.1) is 35.1 Å². The first kappa shape index (κ1) is 22.7. The van der Waals surface area contributed by atoms with E-state index in [9.17, 15) is 9.59 Å². The summed E-state index contributed by atoms with van der Waals surface area (Å²) < 4.78 is 13.4. The molecule has 0 radical (unpaired) electrons. The molecule has 2 atom stereocenters. The number of carbonyl (C=O) groups is 1. The van der Waals surface area contributed by atoms with E-state index in [0.29, 0.717) is 34.8 Å². The largest absolute Gasteiger partial charge is 0.458 e. The predicted molar refractivity (Wildman–Crippen MR) is 134 cm³/mol. The van der Waals surface area contributed by atoms with E-state index in [4.69, 9.17) is 31.8 Å². The van der Waals surface area contributed by atoms with Crippen LogP contribution in [-0.2, 0) is 39.4 Å². The summed E-state index contributed by atoms with van der Waals surface area (Å²) in [6.45, 7) is 7.98. The van der Waals surface area contributed by atoms with Crippen LogP contribution in [0.2, 0.25) is 5.02 Å². The van der Waals surface area contributed by atoms with Gasteiger partial charge in [0, 0.05) is 27.6 Å². The summed E-state index contributed by atoms with van der Waals surface area (Å²) in [5, 5.41) is 1.75. The number of nitrogens with two attached hydrogens (primary N) is 1. The van der Waals surface area contributed by atoms with Gasteiger partial charge < -0.3 is 19.8 Å². The average molecular weight is 494 g/mol. The van der Waals surface area contributed by atoms with E-state index >= 15 is 0 Å². The summed E-state index contributed by atoms with van der Waals surface area (Å²) in [6, 6.07) is 3.66. The van der Waals surface area contributed by atoms with E-state index < -0.39 is 11.6 Å². The first-order valence-corrected chi connectivity index (χ1v) is 12.6. The Labute approximate surface area is 208 Å². The Morgan fingerprint density at radius 1 is 1.29 bits per heavy atom. The zero-order valence-electron chi connectivity index (χ0n) is 20.3. The van der Waals surface area contributed by atoms with Gasteiger partial charge in [0.2, 0.25) is 0 Å². The molecule has 2 aromatic heterocycles. The van der Waals surface area contributed by atoms with Gasteiger partial charge in [0.25, 0.3) is 5.56 Å². The molecule has 6 rings (SSSR count). The highest BCUT2D eigenvalue weighted by molar-refractivity contribution is 6.32. The number of hydrogen-bond donors (Lipinski definition) is 1. The molecule has 7 nitrogen and oxygen atoms in total. The Kier molecular flexibility index (Phi) is 4.95. The lowest BCUT2D eigenvalue weighted by Crippen LogP contribution is -2.47. The van der Waals surface area contributed by atoms with E-state index in [1.807, 2.05) is 39.8 Å². The van der Waals surface area contributed by atoms with Crippen molar-refractivity contribution in [3.63, 3.8) is 0 Å². The zero-order valence-corrected chi connectivity index (χ0v) is 21.1. The molecule has 3 aromatic rings. The van der Waals surface area contributed by atoms with Crippen molar-refractivity contribution >= 4 is 28.5 Å². The van der Waals surface area contributed by atoms with Crippen LogP contribution in [0.5, 0.6) is 0 Å². The van der Waals surface area contributed by atoms with Crippen LogP contribution >= 0.6 is 11.6 Å². The van der Waals surface area contributed by atoms with Crippen molar-refractivity contribution in [3.8, 4) is 11.4 Å². The summed E-state index contributed by atoms with van der Waals surface area (Å²) in [4.78, 5) is 31.8. The lowest BCUT2D eigenvalue weighted by atomic mass is 9.82. The number of rotatable bonds is 3. The van der Waals surface area contributed by atoms with Gasteiger partial charge in [-0.1, -0.05) is 18.5 Å². The van der Waals surface area contributed by atoms with Crippen molar-refractivity contribution in [2.75, 3.05) is 0 Å². The van der Waals surface area contributed by atoms with Gasteiger partial charge >= 0.3 is 5.97 Å². The van der Waals surface area contributed by atoms with Crippen LogP contribution in [0.4, 0.5) is 0 Å². The summed E-state index contributed by atoms with van der Waals surface area (Å²) >= 11 is 6.58. The molecule has 2 aliphatic heterocycles. The van der Waals surface area contributed by atoms with Gasteiger partial charge in [-0.15, -0.1) is 0 Å². The average Bonchev–Trinajstić information content (AvgIpc) is 3.18. The number of fused-ring (bicyclic) bond motifs is 5. The fraction of sp³-hybridized carbons (Fsp3) is 0.444. The van der Waals surface area contributed by atoms with Crippen LogP contribution in [0, 0.1) is 6.92 Å². The highest BCUT2D eigenvalue weighted by atomic mass is 35.5. The first-order valence-electron chi connectivity index (χ1n) is 12.2. The number of ether oxygens (including phenoxy) is 2. The molecule has 1 aromatic carbocycles. The maximum Gasteiger partial charge on any atom is 0.343 e. The Balaban J connectivity index is 1.67. The number of cyclic esters (lactones) is 1. The molecule has 0 unspecified atom stereocenters. The number of hydrogen-bond acceptors (Lipinski definition) is 6. The Bertz CT molecular complexity index is 1510. The number of esters is 1. The molecule has 0 bridgehead atoms. The van der Waals surface area contributed by atoms with E-state index in [2.05, 4.69) is 0 Å². The molecule has 0 spiro atoms. The molecule has 0 saturated heterocycles. The summed E-state index contributed by atoms with van der Waals surface area (Å²) in [5.74, 6) is -0.459. The molecule has 0 amide bonds. The predicted octanol–water partition coefficient (Wildman–Crippen LogP) is 4.42. The molecule has 8 heteroatoms. The fourth-order valence-corrected chi connectivity index (χ4v) is 6.39. The molecule has 3 aliphatic rings. The standard InChI is InChI=1S/C27H28ClN3O4/c1-5-27(35-12(2)3)17-8-21-24-15(10-31(21)25(32)16(17)11-34-26(27)33)22-19(29)7-6-14-13(4)18(28)9-20(30-24)23(14)22/h8-9,12,19H,5-7,10-11,29H2,1-4H3/t19-,27+/m1/s1. The first-order chi connectivity index (χ1) is 16.7. The van der Waals surface area contributed by atoms with Crippen molar-refractivity contribution in [1.29, 1.82) is 0 Å². The second-order valence-electron chi connectivity index (χ2n) is 10.1. The number of nitrogens with zero attached hydrogens (tertiary/aromatic N) is 2. The molecule has 2 N–H and O–H groups in total. The SMILES string of the molecule is CC[C@@]1(OC(C)C)C(=O)OCc2c1cc1n(c2=O)Cc2c-1nc1cc(Cl)c(C)c3c1c2[C@H](N)CC3. The fourth-order valence-electron chi connectivity index (χ4n) is 6.18. The summed E-state index contributed by atoms with van der Waals surface area (Å²) in [7, 11) is 0. The van der Waals surface area contributed by atoms with Gasteiger partial charge in [-0.05, 0) is 68.9 Å². The van der Waals surface area contributed by atoms with Crippen LogP contribution < -0.4 is 11.3 Å². The highest BCUT2D eigenvalue weighted by Gasteiger charge is 2.49. The van der Waals surface area contributed by atoms with Crippen LogP contribution in [0.1, 0.15) is 73.0 Å². The number of carbonyl (C=O) groups excluding carboxylic acids is 1. The Morgan fingerprint density at radius 2 is 2.06 bits per heavy atom. The van der Waals surface area contributed by atoms with Crippen molar-refractivity contribution in [2.24, 2.45) is 5.73 Å². The van der Waals surface area contributed by atoms with Crippen molar-refractivity contribution in [3.05, 3.63) is 60.9 Å². The van der Waals surface area contributed by atoms with Gasteiger partial charge in [-0.2, -0.15) is 0 Å². The number of benzene rings is 1. The molecule has 0 fully saturated rings. The van der Waals surface area contributed by atoms with Gasteiger partial charge in [0.15, 0.2) is 5.60 Å². The van der Waals surface area contributed by atoms with Crippen LogP contribution in [0.25, 0.3) is 22.3 Å². The zero-order chi connectivity index (χ0) is 24.8. The monoisotopic (exact) mass is 493 g/mol. The number of aryl methyl sites for hydroxylation is 1. The normalized spacial score (nSPS) is 22.3. The number of pyridine rings is 2. The molecule has 35 heavy (non-hydrogen) atoms. The maximum absolute atomic E-state index is 13.8. The lowest BCUT2D eigenvalue weighted by Gasteiger charge is -2.37. The number of halogens is 1. The minimum Gasteiger partial charge on any atom is -0.458 e. The Morgan fingerprint density at radius 3 is 2.77 bits per heavy atom. The minimum atomic E-state index is -1.33. The third kappa shape index (κ3) is 2.95. The van der Waals surface area contributed by atoms with E-state index in [-0.39, 0.29) is 24.3 Å². The summed E-state index contributed by atoms with van der Waals surface area (Å²) in [5.41, 5.74) is 12.7. The van der Waals surface area contributed by atoms with E-state index in [1.54, 1.807) is 4.57 Å².